The van der Waals surface area contributed by atoms with Crippen LogP contribution in [0, 0.1) is 11.8 Å². The molecule has 8 nitrogen and oxygen atoms in total. The van der Waals surface area contributed by atoms with Crippen LogP contribution in [0.15, 0.2) is 24.3 Å². The van der Waals surface area contributed by atoms with Gasteiger partial charge in [-0.25, -0.2) is 0 Å². The molecule has 1 aliphatic rings. The Morgan fingerprint density at radius 1 is 1.15 bits per heavy atom. The van der Waals surface area contributed by atoms with Crippen molar-refractivity contribution in [2.45, 2.75) is 71.4 Å². The Balaban J connectivity index is 2.02. The number of amides is 1. The number of benzene rings is 1. The molecule has 0 saturated heterocycles. The molecule has 1 heterocycles. The molecule has 186 valence electrons. The largest absolute Gasteiger partial charge is 0.496 e. The number of hydrogen-bond donors (Lipinski definition) is 2. The Morgan fingerprint density at radius 3 is 2.29 bits per heavy atom. The number of carboxylic acid groups (broad SMARTS) is 1. The van der Waals surface area contributed by atoms with E-state index in [1.807, 2.05) is 36.7 Å². The zero-order valence-corrected chi connectivity index (χ0v) is 20.8. The fourth-order valence-electron chi connectivity index (χ4n) is 4.79. The molecule has 2 N–H and O–H groups in total. The standard InChI is InChI=1S/C26H37N3O5/c1-16(2)13-18(14-24(30)31)27-26(32)20-15-21(25-22(33-4)7-6-8-23(25)34-5)29(28-20)19-11-9-17(3)10-12-19/h6-8,15-19H,9-14H2,1-5H3,(H,27,32)(H,30,31)/t17?,18-,19?/m0/s1. The summed E-state index contributed by atoms with van der Waals surface area (Å²) < 4.78 is 13.2. The molecule has 1 aliphatic carbocycles. The zero-order chi connectivity index (χ0) is 24.8. The van der Waals surface area contributed by atoms with E-state index in [0.717, 1.165) is 36.9 Å². The minimum absolute atomic E-state index is 0.127. The topological polar surface area (TPSA) is 103 Å². The van der Waals surface area contributed by atoms with Crippen molar-refractivity contribution in [2.75, 3.05) is 14.2 Å². The van der Waals surface area contributed by atoms with Crippen LogP contribution in [0.1, 0.15) is 75.8 Å². The zero-order valence-electron chi connectivity index (χ0n) is 20.8. The van der Waals surface area contributed by atoms with Gasteiger partial charge in [0.15, 0.2) is 5.69 Å². The Labute approximate surface area is 201 Å². The molecular formula is C26H37N3O5. The maximum absolute atomic E-state index is 13.2. The minimum Gasteiger partial charge on any atom is -0.496 e. The van der Waals surface area contributed by atoms with Gasteiger partial charge in [0.1, 0.15) is 11.5 Å². The molecule has 0 bridgehead atoms. The summed E-state index contributed by atoms with van der Waals surface area (Å²) in [6.07, 6.45) is 4.60. The predicted octanol–water partition coefficient (Wildman–Crippen LogP) is 4.94. The molecule has 1 aromatic carbocycles. The lowest BCUT2D eigenvalue weighted by molar-refractivity contribution is -0.137. The summed E-state index contributed by atoms with van der Waals surface area (Å²) in [5.74, 6) is 0.893. The molecule has 0 aliphatic heterocycles. The number of aromatic nitrogens is 2. The van der Waals surface area contributed by atoms with Gasteiger partial charge in [-0.3, -0.25) is 14.3 Å². The van der Waals surface area contributed by atoms with E-state index in [1.165, 1.54) is 0 Å². The van der Waals surface area contributed by atoms with Crippen molar-refractivity contribution < 1.29 is 24.2 Å². The van der Waals surface area contributed by atoms with Crippen LogP contribution < -0.4 is 14.8 Å². The van der Waals surface area contributed by atoms with Gasteiger partial charge in [-0.1, -0.05) is 26.8 Å². The van der Waals surface area contributed by atoms with Gasteiger partial charge in [0.2, 0.25) is 0 Å². The monoisotopic (exact) mass is 471 g/mol. The first-order chi connectivity index (χ1) is 16.2. The third kappa shape index (κ3) is 6.10. The average Bonchev–Trinajstić information content (AvgIpc) is 3.23. The van der Waals surface area contributed by atoms with Gasteiger partial charge in [-0.15, -0.1) is 0 Å². The van der Waals surface area contributed by atoms with E-state index in [-0.39, 0.29) is 30.0 Å². The summed E-state index contributed by atoms with van der Waals surface area (Å²) in [4.78, 5) is 24.5. The molecule has 0 spiro atoms. The van der Waals surface area contributed by atoms with Crippen LogP contribution in [0.25, 0.3) is 11.3 Å². The number of nitrogens with one attached hydrogen (secondary N) is 1. The molecule has 8 heteroatoms. The first kappa shape index (κ1) is 25.6. The highest BCUT2D eigenvalue weighted by molar-refractivity contribution is 5.94. The molecule has 0 radical (unpaired) electrons. The molecule has 1 amide bonds. The third-order valence-electron chi connectivity index (χ3n) is 6.50. The summed E-state index contributed by atoms with van der Waals surface area (Å²) in [7, 11) is 3.22. The lowest BCUT2D eigenvalue weighted by Gasteiger charge is -2.28. The fraction of sp³-hybridized carbons (Fsp3) is 0.577. The number of carbonyl (C=O) groups excluding carboxylic acids is 1. The van der Waals surface area contributed by atoms with Gasteiger partial charge < -0.3 is 19.9 Å². The third-order valence-corrected chi connectivity index (χ3v) is 6.50. The fourth-order valence-corrected chi connectivity index (χ4v) is 4.79. The van der Waals surface area contributed by atoms with Crippen LogP contribution in [0.4, 0.5) is 0 Å². The normalized spacial score (nSPS) is 19.0. The van der Waals surface area contributed by atoms with E-state index in [0.29, 0.717) is 23.8 Å². The molecule has 3 rings (SSSR count). The highest BCUT2D eigenvalue weighted by Crippen LogP contribution is 2.42. The van der Waals surface area contributed by atoms with Crippen molar-refractivity contribution in [1.82, 2.24) is 15.1 Å². The number of rotatable bonds is 10. The van der Waals surface area contributed by atoms with Gasteiger partial charge in [0.25, 0.3) is 5.91 Å². The summed E-state index contributed by atoms with van der Waals surface area (Å²) in [6.45, 7) is 6.28. The Bertz CT molecular complexity index is 970. The molecule has 1 saturated carbocycles. The lowest BCUT2D eigenvalue weighted by atomic mass is 9.87. The van der Waals surface area contributed by atoms with Crippen LogP contribution in [-0.4, -0.2) is 47.0 Å². The van der Waals surface area contributed by atoms with Gasteiger partial charge >= 0.3 is 5.97 Å². The Kier molecular flexibility index (Phi) is 8.58. The maximum atomic E-state index is 13.2. The molecule has 1 atom stereocenters. The van der Waals surface area contributed by atoms with E-state index in [9.17, 15) is 14.7 Å². The van der Waals surface area contributed by atoms with Crippen molar-refractivity contribution in [1.29, 1.82) is 0 Å². The van der Waals surface area contributed by atoms with Crippen LogP contribution in [0.2, 0.25) is 0 Å². The Morgan fingerprint density at radius 2 is 1.76 bits per heavy atom. The van der Waals surface area contributed by atoms with E-state index >= 15 is 0 Å². The maximum Gasteiger partial charge on any atom is 0.305 e. The van der Waals surface area contributed by atoms with Gasteiger partial charge in [0, 0.05) is 6.04 Å². The van der Waals surface area contributed by atoms with Crippen LogP contribution in [0.3, 0.4) is 0 Å². The smallest absolute Gasteiger partial charge is 0.305 e. The first-order valence-corrected chi connectivity index (χ1v) is 12.1. The number of hydrogen-bond acceptors (Lipinski definition) is 5. The van der Waals surface area contributed by atoms with E-state index in [1.54, 1.807) is 20.3 Å². The molecular weight excluding hydrogens is 434 g/mol. The van der Waals surface area contributed by atoms with Crippen LogP contribution >= 0.6 is 0 Å². The highest BCUT2D eigenvalue weighted by Gasteiger charge is 2.28. The molecule has 2 aromatic rings. The number of aliphatic carboxylic acids is 1. The Hall–Kier alpha value is -3.03. The van der Waals surface area contributed by atoms with Crippen molar-refractivity contribution >= 4 is 11.9 Å². The summed E-state index contributed by atoms with van der Waals surface area (Å²) >= 11 is 0. The van der Waals surface area contributed by atoms with Gasteiger partial charge in [0.05, 0.1) is 37.9 Å². The van der Waals surface area contributed by atoms with E-state index in [2.05, 4.69) is 12.2 Å². The number of ether oxygens (including phenoxy) is 2. The molecule has 1 aromatic heterocycles. The van der Waals surface area contributed by atoms with E-state index < -0.39 is 12.0 Å². The molecule has 1 fully saturated rings. The summed E-state index contributed by atoms with van der Waals surface area (Å²) in [5, 5.41) is 16.9. The van der Waals surface area contributed by atoms with E-state index in [4.69, 9.17) is 14.6 Å². The quantitative estimate of drug-likeness (QED) is 0.509. The SMILES string of the molecule is COc1cccc(OC)c1-c1cc(C(=O)N[C@H](CC(=O)O)CC(C)C)nn1C1CCC(C)CC1. The first-order valence-electron chi connectivity index (χ1n) is 12.1. The van der Waals surface area contributed by atoms with Crippen molar-refractivity contribution in [3.8, 4) is 22.8 Å². The van der Waals surface area contributed by atoms with Gasteiger partial charge in [-0.2, -0.15) is 5.10 Å². The van der Waals surface area contributed by atoms with Crippen molar-refractivity contribution in [3.05, 3.63) is 30.0 Å². The highest BCUT2D eigenvalue weighted by atomic mass is 16.5. The van der Waals surface area contributed by atoms with Crippen molar-refractivity contribution in [2.24, 2.45) is 11.8 Å². The number of nitrogens with zero attached hydrogens (tertiary/aromatic N) is 2. The summed E-state index contributed by atoms with van der Waals surface area (Å²) in [6, 6.07) is 7.05. The number of carboxylic acids is 1. The van der Waals surface area contributed by atoms with Gasteiger partial charge in [-0.05, 0) is 62.1 Å². The predicted molar refractivity (Wildman–Crippen MR) is 130 cm³/mol. The number of methoxy groups -OCH3 is 2. The van der Waals surface area contributed by atoms with Crippen LogP contribution in [-0.2, 0) is 4.79 Å². The second kappa shape index (κ2) is 11.4. The number of carbonyl (C=O) groups is 2. The molecule has 0 unspecified atom stereocenters. The second-order valence-corrected chi connectivity index (χ2v) is 9.71. The minimum atomic E-state index is -0.938. The lowest BCUT2D eigenvalue weighted by Crippen LogP contribution is -2.37. The second-order valence-electron chi connectivity index (χ2n) is 9.71. The summed E-state index contributed by atoms with van der Waals surface area (Å²) in [5.41, 5.74) is 1.78. The van der Waals surface area contributed by atoms with Crippen LogP contribution in [0.5, 0.6) is 11.5 Å². The van der Waals surface area contributed by atoms with Crippen molar-refractivity contribution in [3.63, 3.8) is 0 Å². The average molecular weight is 472 g/mol. The molecule has 34 heavy (non-hydrogen) atoms.